The van der Waals surface area contributed by atoms with Crippen molar-refractivity contribution >= 4 is 22.5 Å². The summed E-state index contributed by atoms with van der Waals surface area (Å²) in [6, 6.07) is 7.05. The summed E-state index contributed by atoms with van der Waals surface area (Å²) in [5.41, 5.74) is 0.414. The first-order valence-corrected chi connectivity index (χ1v) is 3.80. The fourth-order valence-corrected chi connectivity index (χ4v) is 1.23. The van der Waals surface area contributed by atoms with E-state index in [1.807, 2.05) is 6.07 Å². The van der Waals surface area contributed by atoms with E-state index in [0.29, 0.717) is 10.9 Å². The average molecular weight is 181 g/mol. The number of nitrogens with one attached hydrogen (secondary N) is 1. The Hall–Kier alpha value is -1.35. The maximum Gasteiger partial charge on any atom is 0.259 e. The third-order valence-corrected chi connectivity index (χ3v) is 1.76. The number of rotatable bonds is 0. The Labute approximate surface area is 73.0 Å². The molecule has 0 amide bonds. The SMILES string of the molecule is O=c1[nH]c(Cl)nc2ccccc12. The van der Waals surface area contributed by atoms with E-state index in [1.54, 1.807) is 18.2 Å². The number of para-hydroxylation sites is 1. The second-order valence-electron chi connectivity index (χ2n) is 2.37. The van der Waals surface area contributed by atoms with Gasteiger partial charge in [0.15, 0.2) is 0 Å². The smallest absolute Gasteiger partial charge is 0.259 e. The van der Waals surface area contributed by atoms with E-state index in [-0.39, 0.29) is 10.8 Å². The fraction of sp³-hybridized carbons (Fsp3) is 0. The molecule has 1 aromatic carbocycles. The van der Waals surface area contributed by atoms with E-state index in [2.05, 4.69) is 9.97 Å². The summed E-state index contributed by atoms with van der Waals surface area (Å²) in [7, 11) is 0. The van der Waals surface area contributed by atoms with Gasteiger partial charge in [-0.05, 0) is 23.7 Å². The van der Waals surface area contributed by atoms with Gasteiger partial charge in [0.25, 0.3) is 5.56 Å². The number of hydrogen-bond donors (Lipinski definition) is 1. The van der Waals surface area contributed by atoms with Gasteiger partial charge in [-0.2, -0.15) is 0 Å². The summed E-state index contributed by atoms with van der Waals surface area (Å²) in [6.07, 6.45) is 0. The zero-order chi connectivity index (χ0) is 8.55. The number of aromatic nitrogens is 2. The van der Waals surface area contributed by atoms with E-state index in [1.165, 1.54) is 0 Å². The summed E-state index contributed by atoms with van der Waals surface area (Å²) in [5, 5.41) is 0.681. The Balaban J connectivity index is 2.99. The minimum absolute atomic E-state index is 0.124. The predicted molar refractivity (Wildman–Crippen MR) is 47.4 cm³/mol. The fourth-order valence-electron chi connectivity index (χ4n) is 1.06. The highest BCUT2D eigenvalue weighted by Crippen LogP contribution is 2.07. The molecule has 0 aliphatic rings. The molecule has 2 rings (SSSR count). The van der Waals surface area contributed by atoms with Crippen molar-refractivity contribution in [2.24, 2.45) is 0 Å². The van der Waals surface area contributed by atoms with Gasteiger partial charge in [-0.3, -0.25) is 9.78 Å². The molecule has 0 aliphatic carbocycles. The van der Waals surface area contributed by atoms with Crippen LogP contribution in [0.15, 0.2) is 29.1 Å². The van der Waals surface area contributed by atoms with Crippen LogP contribution in [0.3, 0.4) is 0 Å². The number of nitrogens with zero attached hydrogens (tertiary/aromatic N) is 1. The monoisotopic (exact) mass is 180 g/mol. The highest BCUT2D eigenvalue weighted by Gasteiger charge is 1.99. The highest BCUT2D eigenvalue weighted by atomic mass is 35.5. The molecule has 0 aliphatic heterocycles. The molecular formula is C8H5ClN2O. The van der Waals surface area contributed by atoms with Crippen molar-refractivity contribution in [3.63, 3.8) is 0 Å². The molecule has 0 saturated carbocycles. The number of H-pyrrole nitrogens is 1. The summed E-state index contributed by atoms with van der Waals surface area (Å²) < 4.78 is 0. The van der Waals surface area contributed by atoms with Gasteiger partial charge in [0.1, 0.15) is 0 Å². The first kappa shape index (κ1) is 7.31. The van der Waals surface area contributed by atoms with Crippen molar-refractivity contribution in [1.82, 2.24) is 9.97 Å². The molecule has 0 unspecified atom stereocenters. The Kier molecular flexibility index (Phi) is 1.59. The normalized spacial score (nSPS) is 10.4. The van der Waals surface area contributed by atoms with Gasteiger partial charge >= 0.3 is 0 Å². The van der Waals surface area contributed by atoms with E-state index in [4.69, 9.17) is 11.6 Å². The number of hydrogen-bond acceptors (Lipinski definition) is 2. The minimum atomic E-state index is -0.203. The molecule has 0 spiro atoms. The maximum absolute atomic E-state index is 11.2. The van der Waals surface area contributed by atoms with Crippen LogP contribution in [0, 0.1) is 0 Å². The van der Waals surface area contributed by atoms with Gasteiger partial charge < -0.3 is 0 Å². The molecule has 0 atom stereocenters. The summed E-state index contributed by atoms with van der Waals surface area (Å²) in [6.45, 7) is 0. The van der Waals surface area contributed by atoms with Gasteiger partial charge in [-0.15, -0.1) is 0 Å². The lowest BCUT2D eigenvalue weighted by Crippen LogP contribution is -2.07. The van der Waals surface area contributed by atoms with Gasteiger partial charge in [0, 0.05) is 0 Å². The molecule has 0 fully saturated rings. The van der Waals surface area contributed by atoms with Gasteiger partial charge in [0.05, 0.1) is 10.9 Å². The minimum Gasteiger partial charge on any atom is -0.297 e. The Bertz CT molecular complexity index is 478. The standard InChI is InChI=1S/C8H5ClN2O/c9-8-10-6-4-2-1-3-5(6)7(12)11-8/h1-4H,(H,10,11,12). The lowest BCUT2D eigenvalue weighted by atomic mass is 10.2. The summed E-state index contributed by atoms with van der Waals surface area (Å²) >= 11 is 5.56. The van der Waals surface area contributed by atoms with Gasteiger partial charge in [-0.1, -0.05) is 12.1 Å². The van der Waals surface area contributed by atoms with Crippen LogP contribution in [-0.4, -0.2) is 9.97 Å². The van der Waals surface area contributed by atoms with Crippen LogP contribution in [0.25, 0.3) is 10.9 Å². The van der Waals surface area contributed by atoms with Crippen LogP contribution in [0.1, 0.15) is 0 Å². The Morgan fingerprint density at radius 1 is 1.33 bits per heavy atom. The molecule has 3 nitrogen and oxygen atoms in total. The van der Waals surface area contributed by atoms with Crippen LogP contribution in [0.5, 0.6) is 0 Å². The van der Waals surface area contributed by atoms with Crippen LogP contribution >= 0.6 is 11.6 Å². The van der Waals surface area contributed by atoms with Crippen molar-refractivity contribution in [2.45, 2.75) is 0 Å². The molecule has 12 heavy (non-hydrogen) atoms. The first-order valence-electron chi connectivity index (χ1n) is 3.42. The average Bonchev–Trinajstić information content (AvgIpc) is 2.04. The van der Waals surface area contributed by atoms with E-state index < -0.39 is 0 Å². The number of halogens is 1. The molecular weight excluding hydrogens is 176 g/mol. The van der Waals surface area contributed by atoms with Crippen LogP contribution in [0.2, 0.25) is 5.28 Å². The van der Waals surface area contributed by atoms with Crippen molar-refractivity contribution < 1.29 is 0 Å². The molecule has 4 heteroatoms. The van der Waals surface area contributed by atoms with Crippen LogP contribution in [-0.2, 0) is 0 Å². The zero-order valence-corrected chi connectivity index (χ0v) is 6.80. The number of fused-ring (bicyclic) bond motifs is 1. The highest BCUT2D eigenvalue weighted by molar-refractivity contribution is 6.28. The third-order valence-electron chi connectivity index (χ3n) is 1.58. The van der Waals surface area contributed by atoms with E-state index in [0.717, 1.165) is 0 Å². The largest absolute Gasteiger partial charge is 0.297 e. The summed E-state index contributed by atoms with van der Waals surface area (Å²) in [5.74, 6) is 0. The van der Waals surface area contributed by atoms with E-state index >= 15 is 0 Å². The van der Waals surface area contributed by atoms with Gasteiger partial charge in [-0.25, -0.2) is 4.98 Å². The molecule has 0 saturated heterocycles. The Morgan fingerprint density at radius 3 is 2.92 bits per heavy atom. The van der Waals surface area contributed by atoms with Gasteiger partial charge in [0.2, 0.25) is 5.28 Å². The molecule has 1 heterocycles. The third kappa shape index (κ3) is 1.08. The van der Waals surface area contributed by atoms with Crippen LogP contribution < -0.4 is 5.56 Å². The van der Waals surface area contributed by atoms with Crippen molar-refractivity contribution in [3.05, 3.63) is 39.9 Å². The predicted octanol–water partition coefficient (Wildman–Crippen LogP) is 1.58. The topological polar surface area (TPSA) is 45.8 Å². The second-order valence-corrected chi connectivity index (χ2v) is 2.73. The maximum atomic E-state index is 11.2. The van der Waals surface area contributed by atoms with Crippen LogP contribution in [0.4, 0.5) is 0 Å². The first-order chi connectivity index (χ1) is 5.77. The number of benzene rings is 1. The molecule has 1 aromatic heterocycles. The zero-order valence-electron chi connectivity index (χ0n) is 6.04. The van der Waals surface area contributed by atoms with Crippen molar-refractivity contribution in [2.75, 3.05) is 0 Å². The summed E-state index contributed by atoms with van der Waals surface area (Å²) in [4.78, 5) is 17.6. The molecule has 2 aromatic rings. The lowest BCUT2D eigenvalue weighted by Gasteiger charge is -1.94. The molecule has 1 N–H and O–H groups in total. The molecule has 0 bridgehead atoms. The Morgan fingerprint density at radius 2 is 2.08 bits per heavy atom. The second kappa shape index (κ2) is 2.60. The molecule has 0 radical (unpaired) electrons. The molecule has 60 valence electrons. The quantitative estimate of drug-likeness (QED) is 0.626. The number of aromatic amines is 1. The lowest BCUT2D eigenvalue weighted by molar-refractivity contribution is 1.17. The van der Waals surface area contributed by atoms with E-state index in [9.17, 15) is 4.79 Å². The van der Waals surface area contributed by atoms with Crippen molar-refractivity contribution in [3.8, 4) is 0 Å². The van der Waals surface area contributed by atoms with Crippen molar-refractivity contribution in [1.29, 1.82) is 0 Å².